The van der Waals surface area contributed by atoms with Crippen LogP contribution in [0.25, 0.3) is 0 Å². The summed E-state index contributed by atoms with van der Waals surface area (Å²) in [5.41, 5.74) is 3.51. The Hall–Kier alpha value is -2.41. The summed E-state index contributed by atoms with van der Waals surface area (Å²) in [6.45, 7) is 6.09. The van der Waals surface area contributed by atoms with Gasteiger partial charge in [-0.25, -0.2) is 0 Å². The van der Waals surface area contributed by atoms with Crippen LogP contribution in [-0.2, 0) is 32.9 Å². The molecule has 2 aliphatic rings. The number of ether oxygens (including phenoxy) is 3. The SMILES string of the molecule is CCCN(CCOC)C(=O)[C@@H]1C[C@@]2(CO1)c1ccccc1CN2Cc1cccc(OC)c1. The van der Waals surface area contributed by atoms with E-state index >= 15 is 0 Å². The lowest BCUT2D eigenvalue weighted by Gasteiger charge is -2.35. The lowest BCUT2D eigenvalue weighted by molar-refractivity contribution is -0.141. The molecule has 32 heavy (non-hydrogen) atoms. The van der Waals surface area contributed by atoms with Crippen molar-refractivity contribution in [1.82, 2.24) is 9.80 Å². The first-order chi connectivity index (χ1) is 15.6. The molecule has 2 aromatic rings. The third-order valence-electron chi connectivity index (χ3n) is 6.69. The van der Waals surface area contributed by atoms with Crippen LogP contribution in [0.15, 0.2) is 48.5 Å². The highest BCUT2D eigenvalue weighted by molar-refractivity contribution is 5.81. The van der Waals surface area contributed by atoms with E-state index in [1.807, 2.05) is 17.0 Å². The maximum Gasteiger partial charge on any atom is 0.251 e. The highest BCUT2D eigenvalue weighted by Gasteiger charge is 2.52. The molecule has 0 radical (unpaired) electrons. The van der Waals surface area contributed by atoms with Crippen molar-refractivity contribution in [3.05, 3.63) is 65.2 Å². The molecule has 6 nitrogen and oxygen atoms in total. The largest absolute Gasteiger partial charge is 0.497 e. The zero-order valence-corrected chi connectivity index (χ0v) is 19.4. The first kappa shape index (κ1) is 22.8. The second kappa shape index (κ2) is 10.0. The van der Waals surface area contributed by atoms with Crippen molar-refractivity contribution in [1.29, 1.82) is 0 Å². The van der Waals surface area contributed by atoms with E-state index in [4.69, 9.17) is 14.2 Å². The molecule has 6 heteroatoms. The van der Waals surface area contributed by atoms with E-state index in [1.54, 1.807) is 14.2 Å². The van der Waals surface area contributed by atoms with Crippen LogP contribution in [0.1, 0.15) is 36.5 Å². The monoisotopic (exact) mass is 438 g/mol. The number of amides is 1. The van der Waals surface area contributed by atoms with Crippen LogP contribution in [0.5, 0.6) is 5.75 Å². The molecule has 2 aliphatic heterocycles. The van der Waals surface area contributed by atoms with Gasteiger partial charge in [0, 0.05) is 39.7 Å². The molecule has 0 bridgehead atoms. The van der Waals surface area contributed by atoms with Crippen molar-refractivity contribution >= 4 is 5.91 Å². The predicted molar refractivity (Wildman–Crippen MR) is 123 cm³/mol. The number of carbonyl (C=O) groups is 1. The Labute approximate surface area is 191 Å². The Kier molecular flexibility index (Phi) is 7.13. The van der Waals surface area contributed by atoms with Crippen LogP contribution in [0, 0.1) is 0 Å². The first-order valence-electron chi connectivity index (χ1n) is 11.5. The zero-order chi connectivity index (χ0) is 22.6. The third-order valence-corrected chi connectivity index (χ3v) is 6.69. The van der Waals surface area contributed by atoms with Crippen LogP contribution in [-0.4, -0.2) is 62.3 Å². The molecule has 2 atom stereocenters. The molecule has 0 saturated carbocycles. The van der Waals surface area contributed by atoms with Crippen molar-refractivity contribution in [3.8, 4) is 5.75 Å². The van der Waals surface area contributed by atoms with Crippen molar-refractivity contribution in [2.45, 2.75) is 44.5 Å². The Morgan fingerprint density at radius 3 is 2.81 bits per heavy atom. The molecule has 1 fully saturated rings. The van der Waals surface area contributed by atoms with Gasteiger partial charge in [-0.1, -0.05) is 43.3 Å². The second-order valence-corrected chi connectivity index (χ2v) is 8.72. The van der Waals surface area contributed by atoms with Gasteiger partial charge >= 0.3 is 0 Å². The summed E-state index contributed by atoms with van der Waals surface area (Å²) in [6, 6.07) is 16.8. The zero-order valence-electron chi connectivity index (χ0n) is 19.4. The van der Waals surface area contributed by atoms with Crippen LogP contribution in [0.2, 0.25) is 0 Å². The van der Waals surface area contributed by atoms with E-state index in [9.17, 15) is 4.79 Å². The summed E-state index contributed by atoms with van der Waals surface area (Å²) in [6.07, 6.45) is 1.15. The van der Waals surface area contributed by atoms with E-state index < -0.39 is 6.10 Å². The lowest BCUT2D eigenvalue weighted by Crippen LogP contribution is -2.44. The standard InChI is InChI=1S/C26H34N2O4/c1-4-12-27(13-14-30-2)25(29)24-16-26(19-32-24)23-11-6-5-9-21(23)18-28(26)17-20-8-7-10-22(15-20)31-3/h5-11,15,24H,4,12-14,16-19H2,1-3H3/t24-,26+/m0/s1. The molecule has 4 rings (SSSR count). The Morgan fingerprint density at radius 2 is 2.03 bits per heavy atom. The topological polar surface area (TPSA) is 51.2 Å². The summed E-state index contributed by atoms with van der Waals surface area (Å²) < 4.78 is 16.9. The Bertz CT molecular complexity index is 934. The van der Waals surface area contributed by atoms with Gasteiger partial charge in [-0.05, 0) is 35.2 Å². The molecular formula is C26H34N2O4. The summed E-state index contributed by atoms with van der Waals surface area (Å²) in [5, 5.41) is 0. The molecule has 2 aromatic carbocycles. The van der Waals surface area contributed by atoms with Gasteiger partial charge in [0.1, 0.15) is 11.9 Å². The first-order valence-corrected chi connectivity index (χ1v) is 11.5. The van der Waals surface area contributed by atoms with E-state index in [2.05, 4.69) is 48.2 Å². The maximum absolute atomic E-state index is 13.4. The average molecular weight is 439 g/mol. The van der Waals surface area contributed by atoms with E-state index in [0.717, 1.165) is 31.8 Å². The molecule has 0 aromatic heterocycles. The van der Waals surface area contributed by atoms with Crippen molar-refractivity contribution in [3.63, 3.8) is 0 Å². The van der Waals surface area contributed by atoms with Gasteiger partial charge < -0.3 is 19.1 Å². The summed E-state index contributed by atoms with van der Waals surface area (Å²) in [4.78, 5) is 17.7. The fraction of sp³-hybridized carbons (Fsp3) is 0.500. The minimum atomic E-state index is -0.433. The van der Waals surface area contributed by atoms with E-state index in [1.165, 1.54) is 16.7 Å². The molecule has 0 unspecified atom stereocenters. The van der Waals surface area contributed by atoms with Gasteiger partial charge in [0.05, 0.1) is 25.9 Å². The fourth-order valence-electron chi connectivity index (χ4n) is 5.07. The quantitative estimate of drug-likeness (QED) is 0.599. The van der Waals surface area contributed by atoms with Gasteiger partial charge in [0.2, 0.25) is 0 Å². The molecular weight excluding hydrogens is 404 g/mol. The molecule has 0 N–H and O–H groups in total. The maximum atomic E-state index is 13.4. The van der Waals surface area contributed by atoms with Gasteiger partial charge in [0.15, 0.2) is 0 Å². The summed E-state index contributed by atoms with van der Waals surface area (Å²) in [7, 11) is 3.36. The fourth-order valence-corrected chi connectivity index (χ4v) is 5.07. The van der Waals surface area contributed by atoms with Crippen LogP contribution in [0.3, 0.4) is 0 Å². The van der Waals surface area contributed by atoms with E-state index in [0.29, 0.717) is 26.2 Å². The number of rotatable bonds is 9. The third kappa shape index (κ3) is 4.40. The molecule has 1 spiro atoms. The number of hydrogen-bond acceptors (Lipinski definition) is 5. The van der Waals surface area contributed by atoms with Gasteiger partial charge in [-0.2, -0.15) is 0 Å². The molecule has 2 heterocycles. The normalized spacial score (nSPS) is 22.3. The van der Waals surface area contributed by atoms with Gasteiger partial charge in [-0.3, -0.25) is 9.69 Å². The molecule has 0 aliphatic carbocycles. The lowest BCUT2D eigenvalue weighted by atomic mass is 9.86. The highest BCUT2D eigenvalue weighted by Crippen LogP contribution is 2.47. The van der Waals surface area contributed by atoms with Crippen molar-refractivity contribution in [2.24, 2.45) is 0 Å². The molecule has 172 valence electrons. The van der Waals surface area contributed by atoms with Gasteiger partial charge in [-0.15, -0.1) is 0 Å². The minimum Gasteiger partial charge on any atom is -0.497 e. The van der Waals surface area contributed by atoms with E-state index in [-0.39, 0.29) is 11.4 Å². The minimum absolute atomic E-state index is 0.0755. The second-order valence-electron chi connectivity index (χ2n) is 8.72. The molecule has 1 saturated heterocycles. The number of nitrogens with zero attached hydrogens (tertiary/aromatic N) is 2. The van der Waals surface area contributed by atoms with Crippen molar-refractivity contribution < 1.29 is 19.0 Å². The van der Waals surface area contributed by atoms with Crippen LogP contribution >= 0.6 is 0 Å². The van der Waals surface area contributed by atoms with Crippen LogP contribution < -0.4 is 4.74 Å². The Balaban J connectivity index is 1.58. The number of carbonyl (C=O) groups excluding carboxylic acids is 1. The Morgan fingerprint density at radius 1 is 1.19 bits per heavy atom. The highest BCUT2D eigenvalue weighted by atomic mass is 16.5. The number of fused-ring (bicyclic) bond motifs is 2. The van der Waals surface area contributed by atoms with Crippen molar-refractivity contribution in [2.75, 3.05) is 40.5 Å². The molecule has 1 amide bonds. The predicted octanol–water partition coefficient (Wildman–Crippen LogP) is 3.58. The smallest absolute Gasteiger partial charge is 0.251 e. The van der Waals surface area contributed by atoms with Crippen LogP contribution in [0.4, 0.5) is 0 Å². The summed E-state index contributed by atoms with van der Waals surface area (Å²) in [5.74, 6) is 0.934. The van der Waals surface area contributed by atoms with Gasteiger partial charge in [0.25, 0.3) is 5.91 Å². The number of benzene rings is 2. The number of methoxy groups -OCH3 is 2. The number of hydrogen-bond donors (Lipinski definition) is 0. The average Bonchev–Trinajstić information content (AvgIpc) is 3.39. The summed E-state index contributed by atoms with van der Waals surface area (Å²) >= 11 is 0.